The summed E-state index contributed by atoms with van der Waals surface area (Å²) in [7, 11) is 0. The van der Waals surface area contributed by atoms with E-state index in [4.69, 9.17) is 5.26 Å². The molecule has 0 N–H and O–H groups in total. The Bertz CT molecular complexity index is 450. The smallest absolute Gasteiger partial charge is 0.157 e. The first-order chi connectivity index (χ1) is 8.04. The summed E-state index contributed by atoms with van der Waals surface area (Å²) in [5.74, 6) is -0.0000463. The van der Waals surface area contributed by atoms with Gasteiger partial charge in [-0.05, 0) is 31.0 Å². The first-order valence-corrected chi connectivity index (χ1v) is 6.50. The number of halogens is 1. The van der Waals surface area contributed by atoms with E-state index < -0.39 is 5.41 Å². The van der Waals surface area contributed by atoms with E-state index in [1.165, 1.54) is 0 Å². The van der Waals surface area contributed by atoms with Crippen molar-refractivity contribution in [3.63, 3.8) is 0 Å². The van der Waals surface area contributed by atoms with E-state index >= 15 is 0 Å². The predicted octanol–water partition coefficient (Wildman–Crippen LogP) is 3.99. The van der Waals surface area contributed by atoms with Gasteiger partial charge in [-0.1, -0.05) is 41.4 Å². The summed E-state index contributed by atoms with van der Waals surface area (Å²) in [4.78, 5) is 12.1. The molecule has 1 unspecified atom stereocenters. The third-order valence-corrected chi connectivity index (χ3v) is 3.56. The fraction of sp³-hybridized carbons (Fsp3) is 0.429. The number of hydrogen-bond donors (Lipinski definition) is 0. The fourth-order valence-corrected chi connectivity index (χ4v) is 2.44. The van der Waals surface area contributed by atoms with E-state index in [1.807, 2.05) is 37.3 Å². The molecule has 0 saturated carbocycles. The second-order valence-corrected chi connectivity index (χ2v) is 5.27. The number of benzene rings is 1. The van der Waals surface area contributed by atoms with Gasteiger partial charge in [0.2, 0.25) is 0 Å². The number of ketones is 1. The van der Waals surface area contributed by atoms with Crippen LogP contribution in [-0.2, 0) is 10.2 Å². The highest BCUT2D eigenvalue weighted by Gasteiger charge is 2.33. The molecule has 1 rings (SSSR count). The summed E-state index contributed by atoms with van der Waals surface area (Å²) in [6.45, 7) is 3.98. The van der Waals surface area contributed by atoms with Gasteiger partial charge in [0, 0.05) is 4.47 Å². The molecule has 3 heteroatoms. The van der Waals surface area contributed by atoms with Crippen molar-refractivity contribution in [2.75, 3.05) is 0 Å². The molecule has 0 spiro atoms. The number of hydrogen-bond acceptors (Lipinski definition) is 2. The fourth-order valence-electron chi connectivity index (χ4n) is 2.04. The van der Waals surface area contributed by atoms with Crippen molar-refractivity contribution in [3.8, 4) is 6.07 Å². The number of Topliss-reactive ketones (excluding diaryl/α,β-unsaturated/α-hetero) is 1. The zero-order valence-electron chi connectivity index (χ0n) is 10.2. The van der Waals surface area contributed by atoms with Crippen LogP contribution in [0.25, 0.3) is 0 Å². The number of carbonyl (C=O) groups is 1. The van der Waals surface area contributed by atoms with Gasteiger partial charge in [-0.25, -0.2) is 0 Å². The molecule has 1 aromatic carbocycles. The molecule has 0 aromatic heterocycles. The van der Waals surface area contributed by atoms with Gasteiger partial charge in [-0.2, -0.15) is 5.26 Å². The van der Waals surface area contributed by atoms with Gasteiger partial charge in [0.1, 0.15) is 0 Å². The van der Waals surface area contributed by atoms with Crippen LogP contribution in [0.3, 0.4) is 0 Å². The predicted molar refractivity (Wildman–Crippen MR) is 71.6 cm³/mol. The first kappa shape index (κ1) is 13.9. The number of nitrogens with zero attached hydrogens (tertiary/aromatic N) is 1. The molecule has 0 aliphatic rings. The molecular weight excluding hydrogens is 278 g/mol. The summed E-state index contributed by atoms with van der Waals surface area (Å²) >= 11 is 3.42. The van der Waals surface area contributed by atoms with Gasteiger partial charge >= 0.3 is 0 Å². The van der Waals surface area contributed by atoms with Crippen molar-refractivity contribution in [2.45, 2.75) is 38.5 Å². The summed E-state index contributed by atoms with van der Waals surface area (Å²) < 4.78 is 0.960. The molecule has 1 atom stereocenters. The molecule has 0 saturated heterocycles. The Morgan fingerprint density at radius 3 is 2.76 bits per heavy atom. The Labute approximate surface area is 111 Å². The Kier molecular flexibility index (Phi) is 4.89. The van der Waals surface area contributed by atoms with Crippen LogP contribution in [0.5, 0.6) is 0 Å². The maximum atomic E-state index is 12.1. The number of carbonyl (C=O) groups excluding carboxylic acids is 1. The second kappa shape index (κ2) is 5.97. The maximum absolute atomic E-state index is 12.1. The van der Waals surface area contributed by atoms with Crippen LogP contribution < -0.4 is 0 Å². The highest BCUT2D eigenvalue weighted by Crippen LogP contribution is 2.32. The summed E-state index contributed by atoms with van der Waals surface area (Å²) in [6.07, 6.45) is 1.66. The van der Waals surface area contributed by atoms with Crippen molar-refractivity contribution >= 4 is 21.7 Å². The summed E-state index contributed by atoms with van der Waals surface area (Å²) in [5, 5.41) is 8.69. The van der Waals surface area contributed by atoms with Gasteiger partial charge in [0.25, 0.3) is 0 Å². The molecular formula is C14H16BrNO. The lowest BCUT2D eigenvalue weighted by Crippen LogP contribution is -2.32. The van der Waals surface area contributed by atoms with Crippen LogP contribution >= 0.6 is 15.9 Å². The van der Waals surface area contributed by atoms with Gasteiger partial charge in [0.15, 0.2) is 5.78 Å². The zero-order chi connectivity index (χ0) is 12.9. The standard InChI is InChI=1S/C14H16BrNO/c1-3-8-14(2,13(17)7-9-16)11-5-4-6-12(15)10-11/h4-6,10H,3,7-8H2,1-2H3. The Balaban J connectivity index is 3.16. The Morgan fingerprint density at radius 2 is 2.24 bits per heavy atom. The quantitative estimate of drug-likeness (QED) is 0.824. The topological polar surface area (TPSA) is 40.9 Å². The third-order valence-electron chi connectivity index (χ3n) is 3.07. The SMILES string of the molecule is CCCC(C)(C(=O)CC#N)c1cccc(Br)c1. The maximum Gasteiger partial charge on any atom is 0.157 e. The van der Waals surface area contributed by atoms with E-state index in [9.17, 15) is 4.79 Å². The molecule has 1 aromatic rings. The van der Waals surface area contributed by atoms with E-state index in [2.05, 4.69) is 22.9 Å². The molecule has 17 heavy (non-hydrogen) atoms. The Morgan fingerprint density at radius 1 is 1.53 bits per heavy atom. The van der Waals surface area contributed by atoms with E-state index in [1.54, 1.807) is 0 Å². The van der Waals surface area contributed by atoms with Crippen LogP contribution in [0.2, 0.25) is 0 Å². The second-order valence-electron chi connectivity index (χ2n) is 4.35. The molecule has 90 valence electrons. The van der Waals surface area contributed by atoms with E-state index in [0.29, 0.717) is 0 Å². The highest BCUT2D eigenvalue weighted by atomic mass is 79.9. The van der Waals surface area contributed by atoms with Crippen molar-refractivity contribution in [1.82, 2.24) is 0 Å². The minimum Gasteiger partial charge on any atom is -0.298 e. The normalized spacial score (nSPS) is 13.8. The lowest BCUT2D eigenvalue weighted by atomic mass is 9.74. The van der Waals surface area contributed by atoms with Gasteiger partial charge in [0.05, 0.1) is 17.9 Å². The summed E-state index contributed by atoms with van der Waals surface area (Å²) in [6, 6.07) is 9.73. The molecule has 0 aliphatic heterocycles. The number of nitriles is 1. The average Bonchev–Trinajstić information content (AvgIpc) is 2.29. The van der Waals surface area contributed by atoms with Crippen molar-refractivity contribution in [3.05, 3.63) is 34.3 Å². The Hall–Kier alpha value is -1.14. The minimum atomic E-state index is -0.547. The van der Waals surface area contributed by atoms with Crippen molar-refractivity contribution in [1.29, 1.82) is 5.26 Å². The van der Waals surface area contributed by atoms with Crippen molar-refractivity contribution < 1.29 is 4.79 Å². The lowest BCUT2D eigenvalue weighted by molar-refractivity contribution is -0.123. The molecule has 0 radical (unpaired) electrons. The van der Waals surface area contributed by atoms with Crippen LogP contribution in [-0.4, -0.2) is 5.78 Å². The lowest BCUT2D eigenvalue weighted by Gasteiger charge is -2.27. The minimum absolute atomic E-state index is 0.0000463. The zero-order valence-corrected chi connectivity index (χ0v) is 11.8. The monoisotopic (exact) mass is 293 g/mol. The molecule has 2 nitrogen and oxygen atoms in total. The molecule has 0 aliphatic carbocycles. The van der Waals surface area contributed by atoms with Crippen molar-refractivity contribution in [2.24, 2.45) is 0 Å². The van der Waals surface area contributed by atoms with Crippen LogP contribution in [0, 0.1) is 11.3 Å². The van der Waals surface area contributed by atoms with Gasteiger partial charge < -0.3 is 0 Å². The summed E-state index contributed by atoms with van der Waals surface area (Å²) in [5.41, 5.74) is 0.433. The van der Waals surface area contributed by atoms with E-state index in [-0.39, 0.29) is 12.2 Å². The highest BCUT2D eigenvalue weighted by molar-refractivity contribution is 9.10. The largest absolute Gasteiger partial charge is 0.298 e. The average molecular weight is 294 g/mol. The first-order valence-electron chi connectivity index (χ1n) is 5.71. The third kappa shape index (κ3) is 3.17. The van der Waals surface area contributed by atoms with Crippen LogP contribution in [0.4, 0.5) is 0 Å². The molecule has 0 heterocycles. The van der Waals surface area contributed by atoms with Gasteiger partial charge in [-0.15, -0.1) is 0 Å². The molecule has 0 bridgehead atoms. The van der Waals surface area contributed by atoms with Crippen LogP contribution in [0.15, 0.2) is 28.7 Å². The number of rotatable bonds is 5. The van der Waals surface area contributed by atoms with Crippen LogP contribution in [0.1, 0.15) is 38.7 Å². The van der Waals surface area contributed by atoms with Gasteiger partial charge in [-0.3, -0.25) is 4.79 Å². The molecule has 0 amide bonds. The molecule has 0 fully saturated rings. The van der Waals surface area contributed by atoms with E-state index in [0.717, 1.165) is 22.9 Å².